The van der Waals surface area contributed by atoms with E-state index in [1.165, 1.54) is 23.5 Å². The lowest BCUT2D eigenvalue weighted by Gasteiger charge is -2.11. The fourth-order valence-electron chi connectivity index (χ4n) is 2.98. The molecule has 0 bridgehead atoms. The van der Waals surface area contributed by atoms with E-state index in [9.17, 15) is 9.59 Å². The maximum absolute atomic E-state index is 12.7. The first-order valence-corrected chi connectivity index (χ1v) is 11.2. The molecule has 0 spiro atoms. The van der Waals surface area contributed by atoms with Crippen LogP contribution < -0.4 is 10.6 Å². The molecule has 0 fully saturated rings. The van der Waals surface area contributed by atoms with E-state index in [2.05, 4.69) is 41.8 Å². The highest BCUT2D eigenvalue weighted by molar-refractivity contribution is 7.98. The number of rotatable bonds is 9. The SMILES string of the molecule is Cc1cccc(CSCCNC(=O)/C(=C/c2ccco2)NC(=O)c2cccc(C)c2)c1. The van der Waals surface area contributed by atoms with Crippen LogP contribution >= 0.6 is 11.8 Å². The first-order chi connectivity index (χ1) is 15.0. The Balaban J connectivity index is 1.57. The lowest BCUT2D eigenvalue weighted by atomic mass is 10.1. The molecule has 0 aliphatic rings. The van der Waals surface area contributed by atoms with Crippen molar-refractivity contribution >= 4 is 29.7 Å². The minimum absolute atomic E-state index is 0.144. The third kappa shape index (κ3) is 7.19. The molecule has 0 radical (unpaired) electrons. The van der Waals surface area contributed by atoms with Crippen molar-refractivity contribution in [3.63, 3.8) is 0 Å². The second kappa shape index (κ2) is 11.2. The molecule has 31 heavy (non-hydrogen) atoms. The molecule has 0 aliphatic carbocycles. The summed E-state index contributed by atoms with van der Waals surface area (Å²) in [6.45, 7) is 4.48. The van der Waals surface area contributed by atoms with Gasteiger partial charge in [0.2, 0.25) is 0 Å². The first-order valence-electron chi connectivity index (χ1n) is 10.1. The standard InChI is InChI=1S/C25H26N2O3S/c1-18-6-3-8-20(14-18)17-31-13-11-26-25(29)23(16-22-10-5-12-30-22)27-24(28)21-9-4-7-19(2)15-21/h3-10,12,14-16H,11,13,17H2,1-2H3,(H,26,29)(H,27,28)/b23-16-. The number of hydrogen-bond acceptors (Lipinski definition) is 4. The van der Waals surface area contributed by atoms with Gasteiger partial charge in [-0.05, 0) is 43.7 Å². The molecule has 5 nitrogen and oxygen atoms in total. The Morgan fingerprint density at radius 3 is 2.48 bits per heavy atom. The molecule has 2 N–H and O–H groups in total. The quantitative estimate of drug-likeness (QED) is 0.378. The van der Waals surface area contributed by atoms with E-state index < -0.39 is 0 Å². The minimum Gasteiger partial charge on any atom is -0.465 e. The zero-order chi connectivity index (χ0) is 22.1. The number of nitrogens with one attached hydrogen (secondary N) is 2. The van der Waals surface area contributed by atoms with E-state index in [-0.39, 0.29) is 17.5 Å². The highest BCUT2D eigenvalue weighted by Gasteiger charge is 2.15. The van der Waals surface area contributed by atoms with Crippen LogP contribution in [0.4, 0.5) is 0 Å². The summed E-state index contributed by atoms with van der Waals surface area (Å²) in [7, 11) is 0. The van der Waals surface area contributed by atoms with Crippen LogP contribution in [0.25, 0.3) is 6.08 Å². The number of amides is 2. The largest absolute Gasteiger partial charge is 0.465 e. The molecule has 0 saturated heterocycles. The van der Waals surface area contributed by atoms with Crippen molar-refractivity contribution in [2.45, 2.75) is 19.6 Å². The summed E-state index contributed by atoms with van der Waals surface area (Å²) in [5.74, 6) is 1.44. The van der Waals surface area contributed by atoms with Gasteiger partial charge in [0.15, 0.2) is 0 Å². The maximum Gasteiger partial charge on any atom is 0.267 e. The Labute approximate surface area is 186 Å². The van der Waals surface area contributed by atoms with E-state index in [1.807, 2.05) is 19.1 Å². The number of benzene rings is 2. The number of thioether (sulfide) groups is 1. The van der Waals surface area contributed by atoms with Crippen molar-refractivity contribution in [3.05, 3.63) is 101 Å². The number of carbonyl (C=O) groups is 2. The molecule has 3 rings (SSSR count). The molecule has 160 valence electrons. The predicted octanol–water partition coefficient (Wildman–Crippen LogP) is 4.72. The highest BCUT2D eigenvalue weighted by Crippen LogP contribution is 2.13. The van der Waals surface area contributed by atoms with E-state index >= 15 is 0 Å². The normalized spacial score (nSPS) is 11.2. The van der Waals surface area contributed by atoms with Gasteiger partial charge in [0, 0.05) is 29.7 Å². The Morgan fingerprint density at radius 1 is 1.00 bits per heavy atom. The molecule has 0 saturated carbocycles. The average molecular weight is 435 g/mol. The average Bonchev–Trinajstić information content (AvgIpc) is 3.26. The van der Waals surface area contributed by atoms with Crippen LogP contribution in [-0.2, 0) is 10.5 Å². The van der Waals surface area contributed by atoms with Gasteiger partial charge in [0.25, 0.3) is 11.8 Å². The molecule has 2 amide bonds. The highest BCUT2D eigenvalue weighted by atomic mass is 32.2. The van der Waals surface area contributed by atoms with E-state index in [4.69, 9.17) is 4.42 Å². The third-order valence-corrected chi connectivity index (χ3v) is 5.52. The monoisotopic (exact) mass is 434 g/mol. The van der Waals surface area contributed by atoms with Crippen molar-refractivity contribution in [2.24, 2.45) is 0 Å². The van der Waals surface area contributed by atoms with E-state index in [0.29, 0.717) is 17.9 Å². The van der Waals surface area contributed by atoms with Gasteiger partial charge in [-0.2, -0.15) is 11.8 Å². The maximum atomic E-state index is 12.7. The number of hydrogen-bond donors (Lipinski definition) is 2. The Kier molecular flexibility index (Phi) is 8.12. The zero-order valence-electron chi connectivity index (χ0n) is 17.7. The van der Waals surface area contributed by atoms with Crippen LogP contribution in [0.15, 0.2) is 77.0 Å². The van der Waals surface area contributed by atoms with Crippen molar-refractivity contribution in [1.29, 1.82) is 0 Å². The molecule has 0 unspecified atom stereocenters. The fourth-order valence-corrected chi connectivity index (χ4v) is 3.78. The van der Waals surface area contributed by atoms with Crippen LogP contribution in [0.3, 0.4) is 0 Å². The summed E-state index contributed by atoms with van der Waals surface area (Å²) >= 11 is 1.75. The first kappa shape index (κ1) is 22.4. The summed E-state index contributed by atoms with van der Waals surface area (Å²) in [6.07, 6.45) is 3.05. The molecule has 1 heterocycles. The van der Waals surface area contributed by atoms with Gasteiger partial charge in [-0.1, -0.05) is 47.5 Å². The molecular weight excluding hydrogens is 408 g/mol. The van der Waals surface area contributed by atoms with E-state index in [0.717, 1.165) is 17.1 Å². The zero-order valence-corrected chi connectivity index (χ0v) is 18.5. The lowest BCUT2D eigenvalue weighted by Crippen LogP contribution is -2.35. The molecule has 2 aromatic carbocycles. The van der Waals surface area contributed by atoms with Crippen LogP contribution in [-0.4, -0.2) is 24.1 Å². The van der Waals surface area contributed by atoms with Gasteiger partial charge < -0.3 is 15.1 Å². The molecule has 0 atom stereocenters. The number of aryl methyl sites for hydroxylation is 2. The minimum atomic E-state index is -0.353. The Bertz CT molecular complexity index is 1060. The summed E-state index contributed by atoms with van der Waals surface area (Å²) in [4.78, 5) is 25.4. The van der Waals surface area contributed by atoms with Gasteiger partial charge in [0.1, 0.15) is 11.5 Å². The predicted molar refractivity (Wildman–Crippen MR) is 126 cm³/mol. The van der Waals surface area contributed by atoms with Crippen molar-refractivity contribution in [1.82, 2.24) is 10.6 Å². The summed E-state index contributed by atoms with van der Waals surface area (Å²) in [6, 6.07) is 19.1. The van der Waals surface area contributed by atoms with Crippen LogP contribution in [0.5, 0.6) is 0 Å². The fraction of sp³-hybridized carbons (Fsp3) is 0.200. The molecular formula is C25H26N2O3S. The summed E-state index contributed by atoms with van der Waals surface area (Å²) < 4.78 is 5.31. The van der Waals surface area contributed by atoms with Gasteiger partial charge in [-0.15, -0.1) is 0 Å². The van der Waals surface area contributed by atoms with Crippen LogP contribution in [0.2, 0.25) is 0 Å². The van der Waals surface area contributed by atoms with Crippen LogP contribution in [0, 0.1) is 13.8 Å². The lowest BCUT2D eigenvalue weighted by molar-refractivity contribution is -0.117. The Hall–Kier alpha value is -3.25. The molecule has 3 aromatic rings. The second-order valence-corrected chi connectivity index (χ2v) is 8.30. The Morgan fingerprint density at radius 2 is 1.77 bits per heavy atom. The van der Waals surface area contributed by atoms with Crippen molar-refractivity contribution in [3.8, 4) is 0 Å². The summed E-state index contributed by atoms with van der Waals surface area (Å²) in [5, 5.41) is 5.59. The number of furan rings is 1. The number of carbonyl (C=O) groups excluding carboxylic acids is 2. The van der Waals surface area contributed by atoms with E-state index in [1.54, 1.807) is 36.0 Å². The van der Waals surface area contributed by atoms with Crippen LogP contribution in [0.1, 0.15) is 32.8 Å². The third-order valence-electron chi connectivity index (χ3n) is 4.49. The molecule has 6 heteroatoms. The van der Waals surface area contributed by atoms with Crippen molar-refractivity contribution in [2.75, 3.05) is 12.3 Å². The molecule has 0 aliphatic heterocycles. The van der Waals surface area contributed by atoms with Gasteiger partial charge in [-0.25, -0.2) is 0 Å². The smallest absolute Gasteiger partial charge is 0.267 e. The van der Waals surface area contributed by atoms with Gasteiger partial charge in [-0.3, -0.25) is 9.59 Å². The topological polar surface area (TPSA) is 71.3 Å². The van der Waals surface area contributed by atoms with Gasteiger partial charge >= 0.3 is 0 Å². The van der Waals surface area contributed by atoms with Gasteiger partial charge in [0.05, 0.1) is 6.26 Å². The van der Waals surface area contributed by atoms with Crippen molar-refractivity contribution < 1.29 is 14.0 Å². The summed E-state index contributed by atoms with van der Waals surface area (Å²) in [5.41, 5.74) is 4.11. The molecule has 1 aromatic heterocycles. The second-order valence-electron chi connectivity index (χ2n) is 7.19.